The summed E-state index contributed by atoms with van der Waals surface area (Å²) in [5.74, 6) is 0.362. The van der Waals surface area contributed by atoms with E-state index in [1.54, 1.807) is 24.3 Å². The van der Waals surface area contributed by atoms with E-state index in [9.17, 15) is 18.3 Å². The van der Waals surface area contributed by atoms with Crippen molar-refractivity contribution in [3.05, 3.63) is 58.6 Å². The van der Waals surface area contributed by atoms with Crippen molar-refractivity contribution in [1.82, 2.24) is 10.6 Å². The number of carbonyl (C=O) groups is 1. The number of carbonyl (C=O) groups excluding carboxylic acids is 1. The zero-order valence-corrected chi connectivity index (χ0v) is 26.4. The minimum Gasteiger partial charge on any atom is -0.390 e. The van der Waals surface area contributed by atoms with Crippen LogP contribution >= 0.6 is 11.6 Å². The monoisotopic (exact) mass is 606 g/mol. The molecule has 0 saturated carbocycles. The molecule has 3 atom stereocenters. The highest BCUT2D eigenvalue weighted by Crippen LogP contribution is 2.28. The molecule has 0 aromatic heterocycles. The van der Waals surface area contributed by atoms with E-state index in [-0.39, 0.29) is 17.7 Å². The van der Waals surface area contributed by atoms with Gasteiger partial charge in [-0.3, -0.25) is 9.10 Å². The van der Waals surface area contributed by atoms with Gasteiger partial charge in [0.25, 0.3) is 5.91 Å². The van der Waals surface area contributed by atoms with Crippen LogP contribution in [0.25, 0.3) is 0 Å². The molecule has 1 saturated heterocycles. The van der Waals surface area contributed by atoms with E-state index >= 15 is 0 Å². The second-order valence-corrected chi connectivity index (χ2v) is 13.9. The Kier molecular flexibility index (Phi) is 12.8. The predicted octanol–water partition coefficient (Wildman–Crippen LogP) is 5.21. The van der Waals surface area contributed by atoms with E-state index in [2.05, 4.69) is 36.7 Å². The Hall–Kier alpha value is -2.33. The first-order chi connectivity index (χ1) is 19.5. The lowest BCUT2D eigenvalue weighted by Crippen LogP contribution is -2.50. The summed E-state index contributed by atoms with van der Waals surface area (Å²) >= 11 is 6.45. The summed E-state index contributed by atoms with van der Waals surface area (Å²) in [5, 5.41) is 21.5. The number of sulfonamides is 1. The highest BCUT2D eigenvalue weighted by atomic mass is 35.5. The Morgan fingerprint density at radius 1 is 1.10 bits per heavy atom. The third-order valence-electron chi connectivity index (χ3n) is 7.47. The first-order valence-corrected chi connectivity index (χ1v) is 16.8. The fourth-order valence-corrected chi connectivity index (χ4v) is 6.94. The van der Waals surface area contributed by atoms with E-state index in [0.717, 1.165) is 31.2 Å². The number of anilines is 2. The molecule has 2 aromatic carbocycles. The van der Waals surface area contributed by atoms with Gasteiger partial charge in [-0.05, 0) is 75.3 Å². The molecular weight excluding hydrogens is 560 g/mol. The van der Waals surface area contributed by atoms with Gasteiger partial charge in [-0.15, -0.1) is 0 Å². The van der Waals surface area contributed by atoms with Crippen LogP contribution in [0.4, 0.5) is 11.4 Å². The summed E-state index contributed by atoms with van der Waals surface area (Å²) in [7, 11) is -3.45. The molecule has 41 heavy (non-hydrogen) atoms. The third kappa shape index (κ3) is 10.2. The Morgan fingerprint density at radius 2 is 1.85 bits per heavy atom. The Morgan fingerprint density at radius 3 is 2.54 bits per heavy atom. The highest BCUT2D eigenvalue weighted by molar-refractivity contribution is 7.92. The van der Waals surface area contributed by atoms with Gasteiger partial charge in [0.2, 0.25) is 10.0 Å². The SMILES string of the molecule is CCNc1cc(C(=O)N[C@@H](Cc2ccccc2Cl)[C@H](O)CNC(C)CCCC(C)C)cc(N2CCCCS2(=O)=O)c1. The first kappa shape index (κ1) is 33.2. The molecule has 0 radical (unpaired) electrons. The lowest BCUT2D eigenvalue weighted by atomic mass is 9.99. The molecule has 1 aliphatic rings. The predicted molar refractivity (Wildman–Crippen MR) is 170 cm³/mol. The van der Waals surface area contributed by atoms with Crippen molar-refractivity contribution >= 4 is 38.9 Å². The van der Waals surface area contributed by atoms with Crippen molar-refractivity contribution in [1.29, 1.82) is 0 Å². The number of aliphatic hydroxyl groups is 1. The number of hydrogen-bond acceptors (Lipinski definition) is 6. The standard InChI is InChI=1S/C31H47ClN4O4S/c1-5-33-26-17-25(18-27(20-26)36-15-8-9-16-41(36,39)40)31(38)35-29(19-24-13-6-7-14-28(24)32)30(37)21-34-23(4)12-10-11-22(2)3/h6-7,13-14,17-18,20,22-23,29-30,33-34,37H,5,8-12,15-16,19,21H2,1-4H3,(H,35,38)/t23?,29-,30+/m0/s1. The highest BCUT2D eigenvalue weighted by Gasteiger charge is 2.28. The van der Waals surface area contributed by atoms with Crippen molar-refractivity contribution in [3.8, 4) is 0 Å². The molecule has 1 aliphatic heterocycles. The summed E-state index contributed by atoms with van der Waals surface area (Å²) in [4.78, 5) is 13.7. The van der Waals surface area contributed by atoms with E-state index < -0.39 is 22.2 Å². The fraction of sp³-hybridized carbons (Fsp3) is 0.581. The number of halogens is 1. The molecule has 1 amide bonds. The molecule has 10 heteroatoms. The molecule has 1 fully saturated rings. The molecule has 1 heterocycles. The third-order valence-corrected chi connectivity index (χ3v) is 9.71. The topological polar surface area (TPSA) is 111 Å². The van der Waals surface area contributed by atoms with Crippen molar-refractivity contribution in [2.75, 3.05) is 35.0 Å². The van der Waals surface area contributed by atoms with E-state index in [0.29, 0.717) is 60.4 Å². The van der Waals surface area contributed by atoms with Gasteiger partial charge in [0.05, 0.1) is 23.6 Å². The molecule has 0 aliphatic carbocycles. The molecular formula is C31H47ClN4O4S. The van der Waals surface area contributed by atoms with Crippen LogP contribution in [0.5, 0.6) is 0 Å². The average molecular weight is 607 g/mol. The summed E-state index contributed by atoms with van der Waals surface area (Å²) in [6.45, 7) is 9.79. The van der Waals surface area contributed by atoms with Gasteiger partial charge in [-0.2, -0.15) is 0 Å². The van der Waals surface area contributed by atoms with Gasteiger partial charge in [0.15, 0.2) is 0 Å². The summed E-state index contributed by atoms with van der Waals surface area (Å²) in [6, 6.07) is 12.1. The van der Waals surface area contributed by atoms with Crippen LogP contribution in [0.2, 0.25) is 5.02 Å². The molecule has 1 unspecified atom stereocenters. The summed E-state index contributed by atoms with van der Waals surface area (Å²) in [5.41, 5.74) is 2.28. The number of nitrogens with one attached hydrogen (secondary N) is 3. The molecule has 2 aromatic rings. The minimum absolute atomic E-state index is 0.0922. The molecule has 8 nitrogen and oxygen atoms in total. The number of nitrogens with zero attached hydrogens (tertiary/aromatic N) is 1. The number of amides is 1. The average Bonchev–Trinajstić information content (AvgIpc) is 2.92. The second kappa shape index (κ2) is 15.8. The molecule has 228 valence electrons. The van der Waals surface area contributed by atoms with Crippen LogP contribution in [-0.4, -0.2) is 63.0 Å². The number of benzene rings is 2. The van der Waals surface area contributed by atoms with Crippen molar-refractivity contribution in [2.45, 2.75) is 84.4 Å². The van der Waals surface area contributed by atoms with E-state index in [4.69, 9.17) is 11.6 Å². The van der Waals surface area contributed by atoms with Gasteiger partial charge in [0, 0.05) is 41.9 Å². The van der Waals surface area contributed by atoms with Gasteiger partial charge in [-0.25, -0.2) is 8.42 Å². The van der Waals surface area contributed by atoms with Crippen LogP contribution in [0.1, 0.15) is 75.7 Å². The lowest BCUT2D eigenvalue weighted by molar-refractivity contribution is 0.0825. The maximum atomic E-state index is 13.7. The number of rotatable bonds is 15. The lowest BCUT2D eigenvalue weighted by Gasteiger charge is -2.29. The Balaban J connectivity index is 1.82. The van der Waals surface area contributed by atoms with Gasteiger partial charge >= 0.3 is 0 Å². The van der Waals surface area contributed by atoms with E-state index in [1.165, 1.54) is 4.31 Å². The van der Waals surface area contributed by atoms with Crippen LogP contribution < -0.4 is 20.3 Å². The Labute approximate surface area is 251 Å². The van der Waals surface area contributed by atoms with Crippen LogP contribution in [0.3, 0.4) is 0 Å². The van der Waals surface area contributed by atoms with Crippen molar-refractivity contribution < 1.29 is 18.3 Å². The Bertz CT molecular complexity index is 1240. The molecule has 3 rings (SSSR count). The largest absolute Gasteiger partial charge is 0.390 e. The summed E-state index contributed by atoms with van der Waals surface area (Å²) in [6.07, 6.45) is 4.14. The first-order valence-electron chi connectivity index (χ1n) is 14.8. The quantitative estimate of drug-likeness (QED) is 0.222. The molecule has 0 spiro atoms. The van der Waals surface area contributed by atoms with E-state index in [1.807, 2.05) is 25.1 Å². The maximum Gasteiger partial charge on any atom is 0.251 e. The van der Waals surface area contributed by atoms with Gasteiger partial charge in [0.1, 0.15) is 0 Å². The van der Waals surface area contributed by atoms with Crippen molar-refractivity contribution in [2.24, 2.45) is 5.92 Å². The molecule has 4 N–H and O–H groups in total. The zero-order valence-electron chi connectivity index (χ0n) is 24.8. The van der Waals surface area contributed by atoms with Crippen molar-refractivity contribution in [3.63, 3.8) is 0 Å². The zero-order chi connectivity index (χ0) is 30.0. The smallest absolute Gasteiger partial charge is 0.251 e. The maximum absolute atomic E-state index is 13.7. The second-order valence-electron chi connectivity index (χ2n) is 11.5. The fourth-order valence-electron chi connectivity index (χ4n) is 5.11. The number of aliphatic hydroxyl groups excluding tert-OH is 1. The van der Waals surface area contributed by atoms with Gasteiger partial charge in [-0.1, -0.05) is 56.5 Å². The minimum atomic E-state index is -3.45. The van der Waals surface area contributed by atoms with Crippen LogP contribution in [0.15, 0.2) is 42.5 Å². The number of hydrogen-bond donors (Lipinski definition) is 4. The van der Waals surface area contributed by atoms with Crippen LogP contribution in [-0.2, 0) is 16.4 Å². The summed E-state index contributed by atoms with van der Waals surface area (Å²) < 4.78 is 27.0. The van der Waals surface area contributed by atoms with Gasteiger partial charge < -0.3 is 21.1 Å². The normalized spacial score (nSPS) is 17.2. The van der Waals surface area contributed by atoms with Crippen LogP contribution in [0, 0.1) is 5.92 Å². The molecule has 0 bridgehead atoms.